The summed E-state index contributed by atoms with van der Waals surface area (Å²) in [6, 6.07) is 0. The van der Waals surface area contributed by atoms with Gasteiger partial charge in [0.15, 0.2) is 0 Å². The zero-order valence-corrected chi connectivity index (χ0v) is 21.4. The van der Waals surface area contributed by atoms with Crippen LogP contribution in [0.15, 0.2) is 0 Å². The molecule has 2 heteroatoms. The lowest BCUT2D eigenvalue weighted by Gasteiger charge is -2.60. The van der Waals surface area contributed by atoms with Crippen LogP contribution in [0, 0.1) is 27.6 Å². The Bertz CT molecular complexity index is 569. The van der Waals surface area contributed by atoms with Crippen molar-refractivity contribution < 1.29 is 5.11 Å². The topological polar surface area (TPSA) is 46.2 Å². The Kier molecular flexibility index (Phi) is 7.05. The molecule has 0 spiro atoms. The standard InChI is InChI=1S/C27H53NO/c1-10-14-24(7)15-12-13-16-27(28)18-22(4,5)17-26(9,29)21(3)25(24,8)19-23(6,11-2)20-27/h21,29H,10-20,28H2,1-9H3/t21?,23?,24?,25?,26-,27?/m0/s1. The number of rotatable bonds is 3. The second kappa shape index (κ2) is 8.12. The molecule has 0 heterocycles. The van der Waals surface area contributed by atoms with Gasteiger partial charge in [0.25, 0.3) is 0 Å². The highest BCUT2D eigenvalue weighted by Gasteiger charge is 2.57. The zero-order chi connectivity index (χ0) is 22.4. The van der Waals surface area contributed by atoms with Gasteiger partial charge in [-0.25, -0.2) is 0 Å². The zero-order valence-electron chi connectivity index (χ0n) is 21.4. The molecule has 0 aromatic rings. The second-order valence-corrected chi connectivity index (χ2v) is 13.4. The van der Waals surface area contributed by atoms with Gasteiger partial charge in [-0.2, -0.15) is 0 Å². The van der Waals surface area contributed by atoms with E-state index in [-0.39, 0.29) is 33.1 Å². The summed E-state index contributed by atoms with van der Waals surface area (Å²) in [5.41, 5.74) is 7.03. The lowest BCUT2D eigenvalue weighted by molar-refractivity contribution is -0.151. The Hall–Kier alpha value is -0.0800. The van der Waals surface area contributed by atoms with Crippen molar-refractivity contribution in [3.05, 3.63) is 0 Å². The number of hydrogen-bond acceptors (Lipinski definition) is 2. The van der Waals surface area contributed by atoms with Crippen LogP contribution in [0.25, 0.3) is 0 Å². The molecule has 0 aromatic heterocycles. The molecule has 5 unspecified atom stereocenters. The van der Waals surface area contributed by atoms with Crippen molar-refractivity contribution in [2.24, 2.45) is 33.3 Å². The van der Waals surface area contributed by atoms with Gasteiger partial charge < -0.3 is 10.8 Å². The van der Waals surface area contributed by atoms with E-state index >= 15 is 0 Å². The SMILES string of the molecule is CCCC1(C)CCCCC2(N)CC(C)(C)C[C@](C)(O)C(C)C1(C)CC(C)(CC)C2. The van der Waals surface area contributed by atoms with E-state index in [2.05, 4.69) is 62.3 Å². The van der Waals surface area contributed by atoms with E-state index in [1.165, 1.54) is 44.9 Å². The maximum Gasteiger partial charge on any atom is 0.0655 e. The minimum Gasteiger partial charge on any atom is -0.390 e. The molecule has 2 aliphatic rings. The minimum atomic E-state index is -0.681. The second-order valence-electron chi connectivity index (χ2n) is 13.4. The summed E-state index contributed by atoms with van der Waals surface area (Å²) in [6.07, 6.45) is 12.7. The van der Waals surface area contributed by atoms with Crippen molar-refractivity contribution in [3.63, 3.8) is 0 Å². The van der Waals surface area contributed by atoms with Crippen LogP contribution in [-0.2, 0) is 0 Å². The first-order chi connectivity index (χ1) is 13.1. The number of aliphatic hydroxyl groups is 1. The highest BCUT2D eigenvalue weighted by atomic mass is 16.3. The summed E-state index contributed by atoms with van der Waals surface area (Å²) in [5.74, 6) is 0.251. The molecule has 3 N–H and O–H groups in total. The Balaban J connectivity index is 2.75. The monoisotopic (exact) mass is 407 g/mol. The molecule has 6 atom stereocenters. The van der Waals surface area contributed by atoms with Gasteiger partial charge in [-0.3, -0.25) is 0 Å². The van der Waals surface area contributed by atoms with Crippen molar-refractivity contribution in [1.29, 1.82) is 0 Å². The molecule has 0 amide bonds. The van der Waals surface area contributed by atoms with Crippen molar-refractivity contribution in [2.45, 2.75) is 144 Å². The van der Waals surface area contributed by atoms with E-state index in [1.807, 2.05) is 0 Å². The summed E-state index contributed by atoms with van der Waals surface area (Å²) < 4.78 is 0. The fourth-order valence-electron chi connectivity index (χ4n) is 8.24. The molecule has 172 valence electrons. The smallest absolute Gasteiger partial charge is 0.0655 e. The number of fused-ring (bicyclic) bond motifs is 4. The van der Waals surface area contributed by atoms with Crippen molar-refractivity contribution >= 4 is 0 Å². The van der Waals surface area contributed by atoms with E-state index in [4.69, 9.17) is 5.73 Å². The molecule has 2 bridgehead atoms. The third kappa shape index (κ3) is 5.05. The van der Waals surface area contributed by atoms with E-state index in [0.29, 0.717) is 0 Å². The molecule has 2 rings (SSSR count). The summed E-state index contributed by atoms with van der Waals surface area (Å²) in [6.45, 7) is 21.5. The maximum absolute atomic E-state index is 11.9. The lowest BCUT2D eigenvalue weighted by Crippen LogP contribution is -2.58. The first kappa shape index (κ1) is 25.2. The summed E-state index contributed by atoms with van der Waals surface area (Å²) in [4.78, 5) is 0. The molecule has 0 radical (unpaired) electrons. The van der Waals surface area contributed by atoms with Crippen LogP contribution in [0.2, 0.25) is 0 Å². The highest BCUT2D eigenvalue weighted by molar-refractivity contribution is 5.08. The molecule has 0 saturated heterocycles. The van der Waals surface area contributed by atoms with Crippen LogP contribution in [0.4, 0.5) is 0 Å². The van der Waals surface area contributed by atoms with Gasteiger partial charge >= 0.3 is 0 Å². The summed E-state index contributed by atoms with van der Waals surface area (Å²) in [5, 5.41) is 11.9. The Morgan fingerprint density at radius 2 is 1.45 bits per heavy atom. The van der Waals surface area contributed by atoms with E-state index in [0.717, 1.165) is 25.7 Å². The third-order valence-electron chi connectivity index (χ3n) is 9.82. The Morgan fingerprint density at radius 3 is 2.00 bits per heavy atom. The molecular formula is C27H53NO. The van der Waals surface area contributed by atoms with Gasteiger partial charge in [-0.15, -0.1) is 0 Å². The van der Waals surface area contributed by atoms with Crippen LogP contribution in [0.5, 0.6) is 0 Å². The fraction of sp³-hybridized carbons (Fsp3) is 1.00. The molecule has 29 heavy (non-hydrogen) atoms. The fourth-order valence-corrected chi connectivity index (χ4v) is 8.24. The predicted molar refractivity (Wildman–Crippen MR) is 127 cm³/mol. The van der Waals surface area contributed by atoms with Gasteiger partial charge in [0.05, 0.1) is 5.60 Å². The first-order valence-corrected chi connectivity index (χ1v) is 12.6. The van der Waals surface area contributed by atoms with Crippen molar-refractivity contribution in [2.75, 3.05) is 0 Å². The van der Waals surface area contributed by atoms with Crippen LogP contribution >= 0.6 is 0 Å². The van der Waals surface area contributed by atoms with E-state index < -0.39 is 5.60 Å². The third-order valence-corrected chi connectivity index (χ3v) is 9.82. The number of hydrogen-bond donors (Lipinski definition) is 2. The van der Waals surface area contributed by atoms with Crippen LogP contribution < -0.4 is 5.73 Å². The molecule has 2 saturated carbocycles. The van der Waals surface area contributed by atoms with Crippen molar-refractivity contribution in [1.82, 2.24) is 0 Å². The summed E-state index contributed by atoms with van der Waals surface area (Å²) >= 11 is 0. The van der Waals surface area contributed by atoms with Crippen LogP contribution in [0.3, 0.4) is 0 Å². The van der Waals surface area contributed by atoms with Crippen molar-refractivity contribution in [3.8, 4) is 0 Å². The number of nitrogens with two attached hydrogens (primary N) is 1. The molecular weight excluding hydrogens is 354 g/mol. The molecule has 2 fully saturated rings. The van der Waals surface area contributed by atoms with Crippen LogP contribution in [-0.4, -0.2) is 16.2 Å². The molecule has 2 nitrogen and oxygen atoms in total. The van der Waals surface area contributed by atoms with Crippen LogP contribution in [0.1, 0.15) is 133 Å². The Morgan fingerprint density at radius 1 is 0.862 bits per heavy atom. The van der Waals surface area contributed by atoms with E-state index in [1.54, 1.807) is 0 Å². The average Bonchev–Trinajstić information content (AvgIpc) is 2.55. The van der Waals surface area contributed by atoms with Gasteiger partial charge in [0.2, 0.25) is 0 Å². The van der Waals surface area contributed by atoms with Gasteiger partial charge in [0.1, 0.15) is 0 Å². The first-order valence-electron chi connectivity index (χ1n) is 12.6. The summed E-state index contributed by atoms with van der Waals surface area (Å²) in [7, 11) is 0. The Labute approximate surface area is 182 Å². The maximum atomic E-state index is 11.9. The van der Waals surface area contributed by atoms with Gasteiger partial charge in [-0.1, -0.05) is 81.1 Å². The molecule has 2 aliphatic carbocycles. The van der Waals surface area contributed by atoms with E-state index in [9.17, 15) is 5.11 Å². The lowest BCUT2D eigenvalue weighted by atomic mass is 9.46. The minimum absolute atomic E-state index is 0.0414. The highest BCUT2D eigenvalue weighted by Crippen LogP contribution is 2.62. The van der Waals surface area contributed by atoms with Gasteiger partial charge in [-0.05, 0) is 79.4 Å². The van der Waals surface area contributed by atoms with Gasteiger partial charge in [0, 0.05) is 5.54 Å². The largest absolute Gasteiger partial charge is 0.390 e. The molecule has 0 aliphatic heterocycles. The quantitative estimate of drug-likeness (QED) is 0.509. The average molecular weight is 408 g/mol. The predicted octanol–water partition coefficient (Wildman–Crippen LogP) is 7.47. The molecule has 0 aromatic carbocycles. The normalized spacial score (nSPS) is 49.1.